The van der Waals surface area contributed by atoms with Gasteiger partial charge in [0.2, 0.25) is 0 Å². The molecule has 2 rings (SSSR count). The van der Waals surface area contributed by atoms with Crippen molar-refractivity contribution in [2.75, 3.05) is 13.7 Å². The first-order chi connectivity index (χ1) is 8.76. The van der Waals surface area contributed by atoms with Crippen LogP contribution in [0.15, 0.2) is 30.6 Å². The molecule has 0 unspecified atom stereocenters. The predicted molar refractivity (Wildman–Crippen MR) is 70.2 cm³/mol. The summed E-state index contributed by atoms with van der Waals surface area (Å²) in [4.78, 5) is 8.08. The Morgan fingerprint density at radius 1 is 1.17 bits per heavy atom. The Morgan fingerprint density at radius 3 is 2.50 bits per heavy atom. The lowest BCUT2D eigenvalue weighted by molar-refractivity contribution is 0.340. The number of benzene rings is 1. The van der Waals surface area contributed by atoms with Gasteiger partial charge in [-0.3, -0.25) is 0 Å². The first-order valence-corrected chi connectivity index (χ1v) is 5.91. The molecule has 0 aliphatic heterocycles. The van der Waals surface area contributed by atoms with Crippen LogP contribution in [-0.2, 0) is 0 Å². The summed E-state index contributed by atoms with van der Waals surface area (Å²) in [7, 11) is 1.54. The zero-order chi connectivity index (χ0) is 13.0. The van der Waals surface area contributed by atoms with Crippen LogP contribution in [0.5, 0.6) is 11.5 Å². The van der Waals surface area contributed by atoms with Gasteiger partial charge in [0, 0.05) is 5.56 Å². The summed E-state index contributed by atoms with van der Waals surface area (Å²) in [6.45, 7) is 2.59. The number of halogens is 1. The highest BCUT2D eigenvalue weighted by Gasteiger charge is 2.12. The number of ether oxygens (including phenoxy) is 2. The molecule has 0 saturated heterocycles. The van der Waals surface area contributed by atoms with Crippen LogP contribution in [0.4, 0.5) is 0 Å². The summed E-state index contributed by atoms with van der Waals surface area (Å²) >= 11 is 5.96. The van der Waals surface area contributed by atoms with E-state index in [0.29, 0.717) is 23.2 Å². The van der Waals surface area contributed by atoms with E-state index in [2.05, 4.69) is 9.97 Å². The summed E-state index contributed by atoms with van der Waals surface area (Å²) in [5.74, 6) is 1.30. The van der Waals surface area contributed by atoms with Gasteiger partial charge in [0.25, 0.3) is 0 Å². The van der Waals surface area contributed by atoms with Crippen LogP contribution in [0.2, 0.25) is 5.15 Å². The monoisotopic (exact) mass is 264 g/mol. The van der Waals surface area contributed by atoms with Gasteiger partial charge >= 0.3 is 0 Å². The van der Waals surface area contributed by atoms with Gasteiger partial charge in [-0.1, -0.05) is 11.6 Å². The molecule has 0 bridgehead atoms. The zero-order valence-corrected chi connectivity index (χ0v) is 10.9. The van der Waals surface area contributed by atoms with Gasteiger partial charge in [0.05, 0.1) is 13.7 Å². The SMILES string of the molecule is CCOc1ccc(-c2ncnc(Cl)c2OC)cc1. The van der Waals surface area contributed by atoms with E-state index < -0.39 is 0 Å². The molecule has 0 atom stereocenters. The largest absolute Gasteiger partial charge is 0.494 e. The molecule has 1 aromatic carbocycles. The Hall–Kier alpha value is -1.81. The first-order valence-electron chi connectivity index (χ1n) is 5.54. The van der Waals surface area contributed by atoms with Crippen molar-refractivity contribution in [1.29, 1.82) is 0 Å². The molecule has 94 valence electrons. The molecule has 1 aromatic heterocycles. The Bertz CT molecular complexity index is 529. The molecule has 0 radical (unpaired) electrons. The Morgan fingerprint density at radius 2 is 1.89 bits per heavy atom. The van der Waals surface area contributed by atoms with Crippen molar-refractivity contribution in [1.82, 2.24) is 9.97 Å². The maximum absolute atomic E-state index is 5.96. The van der Waals surface area contributed by atoms with E-state index in [1.165, 1.54) is 6.33 Å². The number of aromatic nitrogens is 2. The van der Waals surface area contributed by atoms with Gasteiger partial charge in [0.1, 0.15) is 17.8 Å². The van der Waals surface area contributed by atoms with Crippen LogP contribution >= 0.6 is 11.6 Å². The molecule has 0 aliphatic carbocycles. The number of nitrogens with zero attached hydrogens (tertiary/aromatic N) is 2. The summed E-state index contributed by atoms with van der Waals surface area (Å²) < 4.78 is 10.6. The molecule has 4 nitrogen and oxygen atoms in total. The quantitative estimate of drug-likeness (QED) is 0.796. The molecule has 0 saturated carbocycles. The van der Waals surface area contributed by atoms with Crippen LogP contribution in [0.1, 0.15) is 6.92 Å². The van der Waals surface area contributed by atoms with E-state index in [4.69, 9.17) is 21.1 Å². The predicted octanol–water partition coefficient (Wildman–Crippen LogP) is 3.20. The third-order valence-electron chi connectivity index (χ3n) is 2.40. The third-order valence-corrected chi connectivity index (χ3v) is 2.67. The van der Waals surface area contributed by atoms with Crippen LogP contribution in [0.3, 0.4) is 0 Å². The van der Waals surface area contributed by atoms with Crippen LogP contribution in [-0.4, -0.2) is 23.7 Å². The maximum atomic E-state index is 5.96. The smallest absolute Gasteiger partial charge is 0.182 e. The topological polar surface area (TPSA) is 44.2 Å². The molecule has 2 aromatic rings. The summed E-state index contributed by atoms with van der Waals surface area (Å²) in [6.07, 6.45) is 1.41. The van der Waals surface area contributed by atoms with E-state index >= 15 is 0 Å². The maximum Gasteiger partial charge on any atom is 0.182 e. The Balaban J connectivity index is 2.39. The van der Waals surface area contributed by atoms with Gasteiger partial charge < -0.3 is 9.47 Å². The average Bonchev–Trinajstić information content (AvgIpc) is 2.40. The van der Waals surface area contributed by atoms with Crippen LogP contribution in [0, 0.1) is 0 Å². The molecule has 18 heavy (non-hydrogen) atoms. The van der Waals surface area contributed by atoms with Gasteiger partial charge in [-0.05, 0) is 31.2 Å². The molecule has 0 amide bonds. The molecule has 0 N–H and O–H groups in total. The molecule has 5 heteroatoms. The highest BCUT2D eigenvalue weighted by atomic mass is 35.5. The fourth-order valence-corrected chi connectivity index (χ4v) is 1.82. The summed E-state index contributed by atoms with van der Waals surface area (Å²) in [6, 6.07) is 7.58. The lowest BCUT2D eigenvalue weighted by Crippen LogP contribution is -1.95. The Kier molecular flexibility index (Phi) is 3.99. The number of rotatable bonds is 4. The van der Waals surface area contributed by atoms with Crippen molar-refractivity contribution in [2.24, 2.45) is 0 Å². The van der Waals surface area contributed by atoms with Gasteiger partial charge in [-0.2, -0.15) is 0 Å². The number of hydrogen-bond donors (Lipinski definition) is 0. The van der Waals surface area contributed by atoms with E-state index in [0.717, 1.165) is 11.3 Å². The highest BCUT2D eigenvalue weighted by Crippen LogP contribution is 2.33. The third kappa shape index (κ3) is 2.54. The van der Waals surface area contributed by atoms with Crippen molar-refractivity contribution >= 4 is 11.6 Å². The van der Waals surface area contributed by atoms with E-state index in [9.17, 15) is 0 Å². The van der Waals surface area contributed by atoms with Crippen molar-refractivity contribution in [3.8, 4) is 22.8 Å². The number of methoxy groups -OCH3 is 1. The molecule has 1 heterocycles. The van der Waals surface area contributed by atoms with Crippen molar-refractivity contribution in [3.05, 3.63) is 35.7 Å². The molecule has 0 fully saturated rings. The highest BCUT2D eigenvalue weighted by molar-refractivity contribution is 6.31. The second-order valence-electron chi connectivity index (χ2n) is 3.50. The lowest BCUT2D eigenvalue weighted by atomic mass is 10.1. The fourth-order valence-electron chi connectivity index (χ4n) is 1.61. The van der Waals surface area contributed by atoms with Crippen molar-refractivity contribution in [2.45, 2.75) is 6.92 Å². The molecule has 0 spiro atoms. The molecule has 0 aliphatic rings. The van der Waals surface area contributed by atoms with E-state index in [1.54, 1.807) is 7.11 Å². The molecular formula is C13H13ClN2O2. The zero-order valence-electron chi connectivity index (χ0n) is 10.2. The fraction of sp³-hybridized carbons (Fsp3) is 0.231. The first kappa shape index (κ1) is 12.6. The van der Waals surface area contributed by atoms with Gasteiger partial charge in [0.15, 0.2) is 10.9 Å². The van der Waals surface area contributed by atoms with Crippen molar-refractivity contribution < 1.29 is 9.47 Å². The minimum atomic E-state index is 0.302. The van der Waals surface area contributed by atoms with E-state index in [-0.39, 0.29) is 0 Å². The lowest BCUT2D eigenvalue weighted by Gasteiger charge is -2.09. The standard InChI is InChI=1S/C13H13ClN2O2/c1-3-18-10-6-4-9(5-7-10)11-12(17-2)13(14)16-8-15-11/h4-8H,3H2,1-2H3. The molecular weight excluding hydrogens is 252 g/mol. The normalized spacial score (nSPS) is 10.2. The van der Waals surface area contributed by atoms with E-state index in [1.807, 2.05) is 31.2 Å². The second kappa shape index (κ2) is 5.69. The van der Waals surface area contributed by atoms with Crippen LogP contribution in [0.25, 0.3) is 11.3 Å². The average molecular weight is 265 g/mol. The van der Waals surface area contributed by atoms with Gasteiger partial charge in [-0.25, -0.2) is 9.97 Å². The minimum absolute atomic E-state index is 0.302. The van der Waals surface area contributed by atoms with Crippen LogP contribution < -0.4 is 9.47 Å². The Labute approximate surface area is 111 Å². The van der Waals surface area contributed by atoms with Gasteiger partial charge in [-0.15, -0.1) is 0 Å². The summed E-state index contributed by atoms with van der Waals surface area (Å²) in [5.41, 5.74) is 1.57. The minimum Gasteiger partial charge on any atom is -0.494 e. The second-order valence-corrected chi connectivity index (χ2v) is 3.86. The number of hydrogen-bond acceptors (Lipinski definition) is 4. The summed E-state index contributed by atoms with van der Waals surface area (Å²) in [5, 5.41) is 0.302. The van der Waals surface area contributed by atoms with Crippen molar-refractivity contribution in [3.63, 3.8) is 0 Å².